The van der Waals surface area contributed by atoms with Gasteiger partial charge in [0.25, 0.3) is 0 Å². The third kappa shape index (κ3) is 7.32. The number of ether oxygens (including phenoxy) is 5. The molecular weight excluding hydrogens is 324 g/mol. The fraction of sp³-hybridized carbons (Fsp3) is 0.632. The normalized spacial score (nSPS) is 17.9. The summed E-state index contributed by atoms with van der Waals surface area (Å²) >= 11 is 0. The third-order valence-corrected chi connectivity index (χ3v) is 3.78. The average molecular weight is 352 g/mol. The number of benzene rings is 1. The minimum atomic E-state index is -0.598. The summed E-state index contributed by atoms with van der Waals surface area (Å²) in [5.74, 6) is 1.14. The number of carbonyl (C=O) groups excluding carboxylic acids is 1. The van der Waals surface area contributed by atoms with Crippen molar-refractivity contribution in [3.63, 3.8) is 0 Å². The second-order valence-corrected chi connectivity index (χ2v) is 5.95. The Labute approximate surface area is 149 Å². The molecule has 1 aliphatic rings. The molecule has 1 fully saturated rings. The smallest absolute Gasteiger partial charge is 0.335 e. The van der Waals surface area contributed by atoms with Crippen molar-refractivity contribution >= 4 is 5.97 Å². The Morgan fingerprint density at radius 1 is 1.16 bits per heavy atom. The maximum atomic E-state index is 11.8. The second kappa shape index (κ2) is 10.9. The molecule has 0 N–H and O–H groups in total. The summed E-state index contributed by atoms with van der Waals surface area (Å²) in [5, 5.41) is 0. The predicted molar refractivity (Wildman–Crippen MR) is 93.1 cm³/mol. The maximum absolute atomic E-state index is 11.8. The van der Waals surface area contributed by atoms with Gasteiger partial charge in [0.05, 0.1) is 19.3 Å². The molecule has 2 rings (SSSR count). The molecule has 25 heavy (non-hydrogen) atoms. The van der Waals surface area contributed by atoms with E-state index < -0.39 is 6.10 Å². The quantitative estimate of drug-likeness (QED) is 0.451. The van der Waals surface area contributed by atoms with Crippen LogP contribution in [-0.4, -0.2) is 51.2 Å². The Morgan fingerprint density at radius 2 is 1.84 bits per heavy atom. The summed E-state index contributed by atoms with van der Waals surface area (Å²) in [6.45, 7) is 6.12. The summed E-state index contributed by atoms with van der Waals surface area (Å²) in [6.07, 6.45) is 2.51. The predicted octanol–water partition coefficient (Wildman–Crippen LogP) is 2.98. The van der Waals surface area contributed by atoms with E-state index in [1.165, 1.54) is 0 Å². The Bertz CT molecular complexity index is 495. The first-order chi connectivity index (χ1) is 12.2. The molecule has 1 saturated heterocycles. The Kier molecular flexibility index (Phi) is 8.55. The van der Waals surface area contributed by atoms with Crippen LogP contribution >= 0.6 is 0 Å². The zero-order chi connectivity index (χ0) is 17.9. The minimum absolute atomic E-state index is 0.0999. The van der Waals surface area contributed by atoms with Crippen LogP contribution in [0.15, 0.2) is 24.3 Å². The molecule has 0 spiro atoms. The van der Waals surface area contributed by atoms with E-state index in [0.29, 0.717) is 25.6 Å². The molecule has 1 aromatic carbocycles. The highest BCUT2D eigenvalue weighted by molar-refractivity contribution is 5.74. The molecule has 0 amide bonds. The standard InChI is InChI=1S/C19H28O6/c1-3-10-21-16-6-8-17(9-7-16)23-12-13-24-19(20)15(2)25-14-18-5-4-11-22-18/h6-9,15,18H,3-5,10-14H2,1-2H3. The highest BCUT2D eigenvalue weighted by Gasteiger charge is 2.20. The fourth-order valence-electron chi connectivity index (χ4n) is 2.37. The van der Waals surface area contributed by atoms with Crippen molar-refractivity contribution in [1.29, 1.82) is 0 Å². The first kappa shape index (κ1) is 19.5. The largest absolute Gasteiger partial charge is 0.494 e. The summed E-state index contributed by atoms with van der Waals surface area (Å²) in [7, 11) is 0. The number of hydrogen-bond acceptors (Lipinski definition) is 6. The third-order valence-electron chi connectivity index (χ3n) is 3.78. The lowest BCUT2D eigenvalue weighted by Crippen LogP contribution is -2.28. The van der Waals surface area contributed by atoms with Gasteiger partial charge in [0.2, 0.25) is 0 Å². The monoisotopic (exact) mass is 352 g/mol. The number of carbonyl (C=O) groups is 1. The van der Waals surface area contributed by atoms with Gasteiger partial charge in [-0.2, -0.15) is 0 Å². The van der Waals surface area contributed by atoms with Gasteiger partial charge >= 0.3 is 5.97 Å². The van der Waals surface area contributed by atoms with Crippen LogP contribution in [0.3, 0.4) is 0 Å². The van der Waals surface area contributed by atoms with Crippen LogP contribution in [0.2, 0.25) is 0 Å². The molecule has 0 aromatic heterocycles. The van der Waals surface area contributed by atoms with Gasteiger partial charge in [0, 0.05) is 6.61 Å². The summed E-state index contributed by atoms with van der Waals surface area (Å²) in [6, 6.07) is 7.39. The molecule has 0 bridgehead atoms. The van der Waals surface area contributed by atoms with E-state index in [4.69, 9.17) is 23.7 Å². The summed E-state index contributed by atoms with van der Waals surface area (Å²) in [4.78, 5) is 11.8. The van der Waals surface area contributed by atoms with E-state index in [0.717, 1.165) is 31.6 Å². The molecule has 140 valence electrons. The molecule has 0 aliphatic carbocycles. The van der Waals surface area contributed by atoms with Gasteiger partial charge in [0.15, 0.2) is 6.10 Å². The molecule has 1 heterocycles. The SMILES string of the molecule is CCCOc1ccc(OCCOC(=O)C(C)OCC2CCCO2)cc1. The Hall–Kier alpha value is -1.79. The van der Waals surface area contributed by atoms with E-state index in [1.54, 1.807) is 6.92 Å². The molecular formula is C19H28O6. The molecule has 2 atom stereocenters. The summed E-state index contributed by atoms with van der Waals surface area (Å²) < 4.78 is 27.2. The highest BCUT2D eigenvalue weighted by Crippen LogP contribution is 2.17. The van der Waals surface area contributed by atoms with Crippen molar-refractivity contribution in [2.24, 2.45) is 0 Å². The van der Waals surface area contributed by atoms with Gasteiger partial charge in [-0.25, -0.2) is 4.79 Å². The molecule has 6 nitrogen and oxygen atoms in total. The maximum Gasteiger partial charge on any atom is 0.335 e. The van der Waals surface area contributed by atoms with Crippen LogP contribution < -0.4 is 9.47 Å². The first-order valence-corrected chi connectivity index (χ1v) is 8.94. The van der Waals surface area contributed by atoms with Gasteiger partial charge in [-0.3, -0.25) is 0 Å². The van der Waals surface area contributed by atoms with Crippen molar-refractivity contribution < 1.29 is 28.5 Å². The number of rotatable bonds is 11. The van der Waals surface area contributed by atoms with Gasteiger partial charge in [-0.1, -0.05) is 6.92 Å². The lowest BCUT2D eigenvalue weighted by Gasteiger charge is -2.15. The van der Waals surface area contributed by atoms with Crippen LogP contribution in [0.25, 0.3) is 0 Å². The molecule has 2 unspecified atom stereocenters. The van der Waals surface area contributed by atoms with Crippen molar-refractivity contribution in [2.45, 2.75) is 45.3 Å². The highest BCUT2D eigenvalue weighted by atomic mass is 16.6. The van der Waals surface area contributed by atoms with Crippen LogP contribution in [0.5, 0.6) is 11.5 Å². The molecule has 1 aromatic rings. The molecule has 0 radical (unpaired) electrons. The van der Waals surface area contributed by atoms with Crippen molar-refractivity contribution in [3.8, 4) is 11.5 Å². The van der Waals surface area contributed by atoms with Gasteiger partial charge in [-0.15, -0.1) is 0 Å². The van der Waals surface area contributed by atoms with Crippen molar-refractivity contribution in [3.05, 3.63) is 24.3 Å². The zero-order valence-corrected chi connectivity index (χ0v) is 15.1. The average Bonchev–Trinajstić information content (AvgIpc) is 3.16. The van der Waals surface area contributed by atoms with Crippen LogP contribution in [0, 0.1) is 0 Å². The molecule has 1 aliphatic heterocycles. The van der Waals surface area contributed by atoms with Crippen molar-refractivity contribution in [1.82, 2.24) is 0 Å². The first-order valence-electron chi connectivity index (χ1n) is 8.94. The van der Waals surface area contributed by atoms with Gasteiger partial charge in [0.1, 0.15) is 24.7 Å². The Balaban J connectivity index is 1.57. The second-order valence-electron chi connectivity index (χ2n) is 5.95. The van der Waals surface area contributed by atoms with Crippen LogP contribution in [0.4, 0.5) is 0 Å². The Morgan fingerprint density at radius 3 is 2.44 bits per heavy atom. The van der Waals surface area contributed by atoms with Crippen LogP contribution in [0.1, 0.15) is 33.1 Å². The minimum Gasteiger partial charge on any atom is -0.494 e. The van der Waals surface area contributed by atoms with Crippen molar-refractivity contribution in [2.75, 3.05) is 33.0 Å². The molecule has 6 heteroatoms. The molecule has 0 saturated carbocycles. The van der Waals surface area contributed by atoms with E-state index in [1.807, 2.05) is 24.3 Å². The van der Waals surface area contributed by atoms with E-state index in [-0.39, 0.29) is 18.7 Å². The van der Waals surface area contributed by atoms with Crippen LogP contribution in [-0.2, 0) is 19.0 Å². The van der Waals surface area contributed by atoms with Gasteiger partial charge < -0.3 is 23.7 Å². The van der Waals surface area contributed by atoms with E-state index >= 15 is 0 Å². The van der Waals surface area contributed by atoms with E-state index in [2.05, 4.69) is 6.92 Å². The van der Waals surface area contributed by atoms with E-state index in [9.17, 15) is 4.79 Å². The van der Waals surface area contributed by atoms with Gasteiger partial charge in [-0.05, 0) is 50.5 Å². The topological polar surface area (TPSA) is 63.2 Å². The lowest BCUT2D eigenvalue weighted by atomic mass is 10.2. The fourth-order valence-corrected chi connectivity index (χ4v) is 2.37. The number of esters is 1. The zero-order valence-electron chi connectivity index (χ0n) is 15.1. The summed E-state index contributed by atoms with van der Waals surface area (Å²) in [5.41, 5.74) is 0. The lowest BCUT2D eigenvalue weighted by molar-refractivity contribution is -0.158. The number of hydrogen-bond donors (Lipinski definition) is 0.